The first-order chi connectivity index (χ1) is 4.69. The molecule has 0 saturated carbocycles. The molecule has 0 radical (unpaired) electrons. The Bertz CT molecular complexity index is 283. The van der Waals surface area contributed by atoms with E-state index in [9.17, 15) is 21.4 Å². The fourth-order valence-electron chi connectivity index (χ4n) is 0.564. The monoisotopic (exact) mass is 226 g/mol. The van der Waals surface area contributed by atoms with Gasteiger partial charge >= 0.3 is 29.6 Å². The van der Waals surface area contributed by atoms with Crippen LogP contribution in [-0.4, -0.2) is 30.5 Å². The molecule has 0 fully saturated rings. The molecule has 9 heteroatoms. The van der Waals surface area contributed by atoms with Crippen molar-refractivity contribution >= 4 is 20.2 Å². The van der Waals surface area contributed by atoms with E-state index in [0.717, 1.165) is 0 Å². The molecule has 0 heterocycles. The number of hydrogen-bond donors (Lipinski definition) is 1. The summed E-state index contributed by atoms with van der Waals surface area (Å²) in [6.07, 6.45) is -0.454. The maximum absolute atomic E-state index is 10.2. The van der Waals surface area contributed by atoms with Crippen LogP contribution >= 0.6 is 0 Å². The third-order valence-electron chi connectivity index (χ3n) is 0.988. The summed E-state index contributed by atoms with van der Waals surface area (Å²) in [4.78, 5) is 0. The molecular formula is C3H7NaO6S2. The molecule has 0 aromatic carbocycles. The van der Waals surface area contributed by atoms with Gasteiger partial charge in [-0.1, -0.05) is 6.92 Å². The van der Waals surface area contributed by atoms with E-state index in [1.807, 2.05) is 0 Å². The van der Waals surface area contributed by atoms with E-state index >= 15 is 0 Å². The minimum absolute atomic E-state index is 0. The molecule has 0 aliphatic carbocycles. The third kappa shape index (κ3) is 4.75. The van der Waals surface area contributed by atoms with Gasteiger partial charge in [0.05, 0.1) is 0 Å². The van der Waals surface area contributed by atoms with Crippen LogP contribution in [-0.2, 0) is 20.2 Å². The van der Waals surface area contributed by atoms with Gasteiger partial charge in [0.25, 0.3) is 10.1 Å². The molecule has 12 heavy (non-hydrogen) atoms. The van der Waals surface area contributed by atoms with Gasteiger partial charge in [-0.2, -0.15) is 8.42 Å². The average Bonchev–Trinajstić information content (AvgIpc) is 1.56. The van der Waals surface area contributed by atoms with Crippen molar-refractivity contribution in [3.05, 3.63) is 0 Å². The molecule has 0 aliphatic rings. The van der Waals surface area contributed by atoms with E-state index in [2.05, 4.69) is 0 Å². The summed E-state index contributed by atoms with van der Waals surface area (Å²) >= 11 is 0. The van der Waals surface area contributed by atoms with Crippen LogP contribution in [0.5, 0.6) is 0 Å². The molecule has 0 amide bonds. The van der Waals surface area contributed by atoms with Crippen molar-refractivity contribution in [1.82, 2.24) is 0 Å². The Kier molecular flexibility index (Phi) is 6.24. The molecule has 0 aromatic heterocycles. The van der Waals surface area contributed by atoms with Gasteiger partial charge in [-0.05, 0) is 6.42 Å². The van der Waals surface area contributed by atoms with E-state index in [4.69, 9.17) is 4.55 Å². The van der Waals surface area contributed by atoms with E-state index in [1.54, 1.807) is 0 Å². The molecule has 0 bridgehead atoms. The van der Waals surface area contributed by atoms with Gasteiger partial charge in [0.1, 0.15) is 10.1 Å². The zero-order valence-electron chi connectivity index (χ0n) is 6.59. The minimum Gasteiger partial charge on any atom is -0.747 e. The molecular weight excluding hydrogens is 219 g/mol. The topological polar surface area (TPSA) is 112 Å². The van der Waals surface area contributed by atoms with E-state index in [0.29, 0.717) is 0 Å². The molecule has 6 nitrogen and oxygen atoms in total. The summed E-state index contributed by atoms with van der Waals surface area (Å²) in [5.41, 5.74) is 0. The van der Waals surface area contributed by atoms with Crippen molar-refractivity contribution in [3.8, 4) is 0 Å². The molecule has 68 valence electrons. The maximum atomic E-state index is 10.2. The number of hydrogen-bond acceptors (Lipinski definition) is 5. The van der Waals surface area contributed by atoms with Crippen molar-refractivity contribution in [1.29, 1.82) is 0 Å². The molecule has 1 atom stereocenters. The molecule has 0 saturated heterocycles. The van der Waals surface area contributed by atoms with Crippen LogP contribution in [0.3, 0.4) is 0 Å². The van der Waals surface area contributed by atoms with Crippen molar-refractivity contribution in [2.24, 2.45) is 0 Å². The average molecular weight is 226 g/mol. The van der Waals surface area contributed by atoms with E-state index < -0.39 is 31.2 Å². The molecule has 1 N–H and O–H groups in total. The molecule has 1 unspecified atom stereocenters. The number of rotatable bonds is 3. The van der Waals surface area contributed by atoms with Gasteiger partial charge in [-0.25, -0.2) is 8.42 Å². The second-order valence-electron chi connectivity index (χ2n) is 1.85. The smallest absolute Gasteiger partial charge is 0.747 e. The van der Waals surface area contributed by atoms with Crippen LogP contribution in [0.15, 0.2) is 0 Å². The van der Waals surface area contributed by atoms with Gasteiger partial charge < -0.3 is 4.55 Å². The summed E-state index contributed by atoms with van der Waals surface area (Å²) in [6.45, 7) is 1.17. The Morgan fingerprint density at radius 2 is 1.67 bits per heavy atom. The Labute approximate surface area is 93.1 Å². The fourth-order valence-corrected chi connectivity index (χ4v) is 2.58. The zero-order chi connectivity index (χ0) is 9.28. The standard InChI is InChI=1S/C3H8O6S2.Na/c1-2-3(10(4,5)6)11(7,8)9;/h3H,2H2,1H3,(H,4,5,6)(H,7,8,9);/q;+1/p-1. The van der Waals surface area contributed by atoms with Gasteiger partial charge in [0, 0.05) is 0 Å². The quantitative estimate of drug-likeness (QED) is 0.389. The second kappa shape index (κ2) is 4.89. The van der Waals surface area contributed by atoms with E-state index in [1.165, 1.54) is 6.92 Å². The predicted octanol–water partition coefficient (Wildman–Crippen LogP) is -3.84. The van der Waals surface area contributed by atoms with Crippen molar-refractivity contribution in [2.45, 2.75) is 17.9 Å². The zero-order valence-corrected chi connectivity index (χ0v) is 10.2. The van der Waals surface area contributed by atoms with Crippen LogP contribution in [0, 0.1) is 0 Å². The van der Waals surface area contributed by atoms with Gasteiger partial charge in [0.15, 0.2) is 4.58 Å². The largest absolute Gasteiger partial charge is 1.00 e. The Balaban J connectivity index is 0. The van der Waals surface area contributed by atoms with Crippen molar-refractivity contribution in [2.75, 3.05) is 0 Å². The minimum atomic E-state index is -4.96. The summed E-state index contributed by atoms with van der Waals surface area (Å²) in [5, 5.41) is 0. The summed E-state index contributed by atoms with van der Waals surface area (Å²) in [6, 6.07) is 0. The molecule has 0 rings (SSSR count). The van der Waals surface area contributed by atoms with Crippen LogP contribution in [0.2, 0.25) is 0 Å². The predicted molar refractivity (Wildman–Crippen MR) is 35.3 cm³/mol. The Morgan fingerprint density at radius 3 is 1.67 bits per heavy atom. The summed E-state index contributed by atoms with van der Waals surface area (Å²) in [7, 11) is -9.73. The first kappa shape index (κ1) is 15.3. The third-order valence-corrected chi connectivity index (χ3v) is 4.40. The van der Waals surface area contributed by atoms with Gasteiger partial charge in [0.2, 0.25) is 0 Å². The Hall–Kier alpha value is 0.820. The van der Waals surface area contributed by atoms with Gasteiger partial charge in [-0.15, -0.1) is 0 Å². The summed E-state index contributed by atoms with van der Waals surface area (Å²) in [5.74, 6) is 0. The van der Waals surface area contributed by atoms with Gasteiger partial charge in [-0.3, -0.25) is 4.55 Å². The van der Waals surface area contributed by atoms with Crippen LogP contribution in [0.25, 0.3) is 0 Å². The molecule has 0 spiro atoms. The molecule has 0 aromatic rings. The van der Waals surface area contributed by atoms with Crippen LogP contribution < -0.4 is 29.6 Å². The van der Waals surface area contributed by atoms with Crippen LogP contribution in [0.1, 0.15) is 13.3 Å². The van der Waals surface area contributed by atoms with Crippen LogP contribution in [0.4, 0.5) is 0 Å². The normalized spacial score (nSPS) is 14.9. The SMILES string of the molecule is CCC(S(=O)(=O)[O-])S(=O)(=O)O.[Na+]. The second-order valence-corrected chi connectivity index (χ2v) is 5.30. The maximum Gasteiger partial charge on any atom is 1.00 e. The first-order valence-electron chi connectivity index (χ1n) is 2.60. The first-order valence-corrected chi connectivity index (χ1v) is 5.58. The summed E-state index contributed by atoms with van der Waals surface area (Å²) < 4.78 is 56.7. The van der Waals surface area contributed by atoms with E-state index in [-0.39, 0.29) is 29.6 Å². The fraction of sp³-hybridized carbons (Fsp3) is 1.00. The molecule has 0 aliphatic heterocycles. The Morgan fingerprint density at radius 1 is 1.33 bits per heavy atom. The van der Waals surface area contributed by atoms with Crippen molar-refractivity contribution < 1.29 is 55.5 Å². The van der Waals surface area contributed by atoms with Crippen molar-refractivity contribution in [3.63, 3.8) is 0 Å².